The summed E-state index contributed by atoms with van der Waals surface area (Å²) in [4.78, 5) is 23.8. The van der Waals surface area contributed by atoms with Crippen molar-refractivity contribution in [3.05, 3.63) is 89.5 Å². The number of amides is 1. The highest BCUT2D eigenvalue weighted by Crippen LogP contribution is 2.19. The van der Waals surface area contributed by atoms with Crippen LogP contribution in [0.25, 0.3) is 0 Å². The molecule has 0 radical (unpaired) electrons. The monoisotopic (exact) mass is 422 g/mol. The summed E-state index contributed by atoms with van der Waals surface area (Å²) in [6.45, 7) is 3.46. The second-order valence-electron chi connectivity index (χ2n) is 6.77. The molecule has 0 atom stereocenters. The van der Waals surface area contributed by atoms with E-state index in [1.807, 2.05) is 31.2 Å². The Labute approximate surface area is 176 Å². The van der Waals surface area contributed by atoms with Crippen LogP contribution in [0.15, 0.2) is 77.7 Å². The van der Waals surface area contributed by atoms with Crippen LogP contribution in [0, 0.1) is 0 Å². The number of hydrogen-bond donors (Lipinski definition) is 2. The summed E-state index contributed by atoms with van der Waals surface area (Å²) < 4.78 is 27.5. The number of ketones is 1. The van der Waals surface area contributed by atoms with Gasteiger partial charge in [0.2, 0.25) is 0 Å². The van der Waals surface area contributed by atoms with E-state index >= 15 is 0 Å². The predicted octanol–water partition coefficient (Wildman–Crippen LogP) is 4.50. The van der Waals surface area contributed by atoms with Gasteiger partial charge >= 0.3 is 0 Å². The zero-order chi connectivity index (χ0) is 21.7. The third-order valence-electron chi connectivity index (χ3n) is 4.56. The molecule has 0 unspecified atom stereocenters. The number of carbonyl (C=O) groups excluding carboxylic acids is 2. The molecule has 2 N–H and O–H groups in total. The predicted molar refractivity (Wildman–Crippen MR) is 117 cm³/mol. The van der Waals surface area contributed by atoms with Crippen molar-refractivity contribution < 1.29 is 18.0 Å². The lowest BCUT2D eigenvalue weighted by Crippen LogP contribution is -2.14. The summed E-state index contributed by atoms with van der Waals surface area (Å²) in [5.41, 5.74) is 3.00. The van der Waals surface area contributed by atoms with Gasteiger partial charge in [0.1, 0.15) is 0 Å². The molecular formula is C23H22N2O4S. The highest BCUT2D eigenvalue weighted by molar-refractivity contribution is 7.92. The SMILES string of the molecule is CCc1cccc(NC(=O)c2ccc(NS(=O)(=O)c3ccc(C(C)=O)cc3)cc2)c1. The number of sulfonamides is 1. The molecule has 0 saturated carbocycles. The summed E-state index contributed by atoms with van der Waals surface area (Å²) in [6, 6.07) is 19.5. The minimum Gasteiger partial charge on any atom is -0.322 e. The van der Waals surface area contributed by atoms with Gasteiger partial charge in [-0.15, -0.1) is 0 Å². The van der Waals surface area contributed by atoms with E-state index in [9.17, 15) is 18.0 Å². The van der Waals surface area contributed by atoms with Crippen molar-refractivity contribution in [2.45, 2.75) is 25.2 Å². The maximum atomic E-state index is 12.5. The number of hydrogen-bond acceptors (Lipinski definition) is 4. The Balaban J connectivity index is 1.70. The molecule has 30 heavy (non-hydrogen) atoms. The van der Waals surface area contributed by atoms with Gasteiger partial charge in [-0.2, -0.15) is 0 Å². The van der Waals surface area contributed by atoms with Gasteiger partial charge in [-0.25, -0.2) is 8.42 Å². The Morgan fingerprint density at radius 2 is 1.47 bits per heavy atom. The molecular weight excluding hydrogens is 400 g/mol. The lowest BCUT2D eigenvalue weighted by Gasteiger charge is -2.10. The molecule has 6 nitrogen and oxygen atoms in total. The Bertz CT molecular complexity index is 1170. The zero-order valence-corrected chi connectivity index (χ0v) is 17.5. The van der Waals surface area contributed by atoms with E-state index in [4.69, 9.17) is 0 Å². The minimum absolute atomic E-state index is 0.0464. The van der Waals surface area contributed by atoms with Gasteiger partial charge in [0.05, 0.1) is 4.90 Å². The van der Waals surface area contributed by atoms with Crippen LogP contribution in [0.1, 0.15) is 40.1 Å². The molecule has 154 valence electrons. The molecule has 3 aromatic rings. The fourth-order valence-electron chi connectivity index (χ4n) is 2.84. The van der Waals surface area contributed by atoms with Crippen LogP contribution in [0.2, 0.25) is 0 Å². The molecule has 0 aliphatic carbocycles. The summed E-state index contributed by atoms with van der Waals surface area (Å²) in [6.07, 6.45) is 0.871. The van der Waals surface area contributed by atoms with E-state index in [1.165, 1.54) is 43.3 Å². The van der Waals surface area contributed by atoms with Crippen LogP contribution >= 0.6 is 0 Å². The van der Waals surface area contributed by atoms with Gasteiger partial charge in [0.15, 0.2) is 5.78 Å². The summed E-state index contributed by atoms with van der Waals surface area (Å²) in [7, 11) is -3.81. The molecule has 0 saturated heterocycles. The van der Waals surface area contributed by atoms with Crippen molar-refractivity contribution in [3.63, 3.8) is 0 Å². The van der Waals surface area contributed by atoms with Gasteiger partial charge in [-0.1, -0.05) is 31.2 Å². The van der Waals surface area contributed by atoms with Crippen LogP contribution in [-0.4, -0.2) is 20.1 Å². The van der Waals surface area contributed by atoms with Crippen molar-refractivity contribution in [1.29, 1.82) is 0 Å². The van der Waals surface area contributed by atoms with E-state index in [0.29, 0.717) is 22.5 Å². The lowest BCUT2D eigenvalue weighted by atomic mass is 10.1. The van der Waals surface area contributed by atoms with Crippen molar-refractivity contribution >= 4 is 33.1 Å². The maximum absolute atomic E-state index is 12.5. The smallest absolute Gasteiger partial charge is 0.261 e. The van der Waals surface area contributed by atoms with Gasteiger partial charge in [-0.3, -0.25) is 14.3 Å². The fourth-order valence-corrected chi connectivity index (χ4v) is 3.90. The normalized spacial score (nSPS) is 11.0. The first-order valence-corrected chi connectivity index (χ1v) is 10.9. The van der Waals surface area contributed by atoms with Gasteiger partial charge < -0.3 is 5.32 Å². The Morgan fingerprint density at radius 3 is 2.07 bits per heavy atom. The highest BCUT2D eigenvalue weighted by atomic mass is 32.2. The van der Waals surface area contributed by atoms with E-state index in [1.54, 1.807) is 12.1 Å². The standard InChI is InChI=1S/C23H22N2O4S/c1-3-17-5-4-6-21(15-17)24-23(27)19-7-11-20(12-8-19)25-30(28,29)22-13-9-18(10-14-22)16(2)26/h4-15,25H,3H2,1-2H3,(H,24,27). The molecule has 0 aliphatic heterocycles. The summed E-state index contributed by atoms with van der Waals surface area (Å²) in [5.74, 6) is -0.417. The molecule has 0 fully saturated rings. The minimum atomic E-state index is -3.81. The van der Waals surface area contributed by atoms with Crippen molar-refractivity contribution in [2.24, 2.45) is 0 Å². The number of anilines is 2. The topological polar surface area (TPSA) is 92.3 Å². The number of carbonyl (C=O) groups is 2. The third kappa shape index (κ3) is 5.12. The van der Waals surface area contributed by atoms with Crippen molar-refractivity contribution in [3.8, 4) is 0 Å². The van der Waals surface area contributed by atoms with E-state index in [-0.39, 0.29) is 16.6 Å². The molecule has 1 amide bonds. The summed E-state index contributed by atoms with van der Waals surface area (Å²) in [5, 5.41) is 2.84. The lowest BCUT2D eigenvalue weighted by molar-refractivity contribution is 0.101. The van der Waals surface area contributed by atoms with E-state index in [2.05, 4.69) is 10.0 Å². The van der Waals surface area contributed by atoms with Crippen LogP contribution in [0.5, 0.6) is 0 Å². The van der Waals surface area contributed by atoms with Crippen LogP contribution in [0.3, 0.4) is 0 Å². The van der Waals surface area contributed by atoms with E-state index in [0.717, 1.165) is 12.0 Å². The number of rotatable bonds is 7. The Kier molecular flexibility index (Phi) is 6.32. The average Bonchev–Trinajstić information content (AvgIpc) is 2.74. The Morgan fingerprint density at radius 1 is 0.833 bits per heavy atom. The van der Waals surface area contributed by atoms with Crippen LogP contribution in [0.4, 0.5) is 11.4 Å². The zero-order valence-electron chi connectivity index (χ0n) is 16.7. The van der Waals surface area contributed by atoms with Gasteiger partial charge in [0.25, 0.3) is 15.9 Å². The fraction of sp³-hybridized carbons (Fsp3) is 0.130. The number of benzene rings is 3. The molecule has 0 aliphatic rings. The largest absolute Gasteiger partial charge is 0.322 e. The van der Waals surface area contributed by atoms with Crippen molar-refractivity contribution in [1.82, 2.24) is 0 Å². The maximum Gasteiger partial charge on any atom is 0.261 e. The number of aryl methyl sites for hydroxylation is 1. The van der Waals surface area contributed by atoms with Crippen LogP contribution < -0.4 is 10.0 Å². The molecule has 0 bridgehead atoms. The average molecular weight is 423 g/mol. The third-order valence-corrected chi connectivity index (χ3v) is 5.96. The molecule has 0 aromatic heterocycles. The highest BCUT2D eigenvalue weighted by Gasteiger charge is 2.15. The summed E-state index contributed by atoms with van der Waals surface area (Å²) >= 11 is 0. The van der Waals surface area contributed by atoms with E-state index < -0.39 is 10.0 Å². The first kappa shape index (κ1) is 21.3. The Hall–Kier alpha value is -3.45. The second-order valence-corrected chi connectivity index (χ2v) is 8.45. The number of nitrogens with one attached hydrogen (secondary N) is 2. The molecule has 7 heteroatoms. The molecule has 0 spiro atoms. The second kappa shape index (κ2) is 8.92. The molecule has 3 aromatic carbocycles. The first-order chi connectivity index (χ1) is 14.3. The van der Waals surface area contributed by atoms with Crippen LogP contribution in [-0.2, 0) is 16.4 Å². The first-order valence-electron chi connectivity index (χ1n) is 9.42. The molecule has 0 heterocycles. The quantitative estimate of drug-likeness (QED) is 0.548. The number of Topliss-reactive ketones (excluding diaryl/α,β-unsaturated/α-hetero) is 1. The van der Waals surface area contributed by atoms with Gasteiger partial charge in [0, 0.05) is 22.5 Å². The van der Waals surface area contributed by atoms with Crippen molar-refractivity contribution in [2.75, 3.05) is 10.0 Å². The molecule has 3 rings (SSSR count). The van der Waals surface area contributed by atoms with Gasteiger partial charge in [-0.05, 0) is 67.4 Å².